The molecule has 170 valence electrons. The molecule has 33 heavy (non-hydrogen) atoms. The third kappa shape index (κ3) is 4.32. The van der Waals surface area contributed by atoms with Gasteiger partial charge < -0.3 is 23.7 Å². The van der Waals surface area contributed by atoms with Gasteiger partial charge in [-0.05, 0) is 36.4 Å². The Balaban J connectivity index is 1.58. The van der Waals surface area contributed by atoms with E-state index in [0.29, 0.717) is 34.1 Å². The van der Waals surface area contributed by atoms with E-state index in [1.807, 2.05) is 0 Å². The lowest BCUT2D eigenvalue weighted by Crippen LogP contribution is -2.02. The summed E-state index contributed by atoms with van der Waals surface area (Å²) in [6, 6.07) is 11.5. The van der Waals surface area contributed by atoms with Crippen LogP contribution in [0.15, 0.2) is 54.3 Å². The average Bonchev–Trinajstić information content (AvgIpc) is 3.12. The van der Waals surface area contributed by atoms with E-state index in [9.17, 15) is 13.6 Å². The fourth-order valence-electron chi connectivity index (χ4n) is 3.39. The number of fused-ring (bicyclic) bond motifs is 1. The highest BCUT2D eigenvalue weighted by molar-refractivity contribution is 6.14. The van der Waals surface area contributed by atoms with E-state index in [1.165, 1.54) is 39.5 Å². The van der Waals surface area contributed by atoms with Gasteiger partial charge in [0.25, 0.3) is 0 Å². The molecule has 0 bridgehead atoms. The minimum absolute atomic E-state index is 0.0767. The standard InChI is InChI=1S/C25H20F2O6/c1-29-20-12-23(31-3)22(30-2)9-14(20)10-24-25(28)16-8-7-15(11-21(16)33-24)32-13-17-18(26)5-4-6-19(17)27/h4-12H,13H2,1-3H3/b24-10-. The number of ether oxygens (including phenoxy) is 5. The molecule has 0 fully saturated rings. The molecule has 3 aromatic carbocycles. The van der Waals surface area contributed by atoms with Gasteiger partial charge >= 0.3 is 0 Å². The maximum Gasteiger partial charge on any atom is 0.231 e. The third-order valence-corrected chi connectivity index (χ3v) is 5.11. The van der Waals surface area contributed by atoms with E-state index in [-0.39, 0.29) is 29.5 Å². The summed E-state index contributed by atoms with van der Waals surface area (Å²) >= 11 is 0. The second-order valence-corrected chi connectivity index (χ2v) is 7.04. The number of halogens is 2. The topological polar surface area (TPSA) is 63.2 Å². The first-order valence-corrected chi connectivity index (χ1v) is 9.89. The van der Waals surface area contributed by atoms with Crippen molar-refractivity contribution in [3.8, 4) is 28.7 Å². The number of carbonyl (C=O) groups excluding carboxylic acids is 1. The number of hydrogen-bond donors (Lipinski definition) is 0. The molecule has 0 saturated heterocycles. The van der Waals surface area contributed by atoms with Gasteiger partial charge in [-0.25, -0.2) is 8.78 Å². The fraction of sp³-hybridized carbons (Fsp3) is 0.160. The zero-order valence-corrected chi connectivity index (χ0v) is 18.1. The van der Waals surface area contributed by atoms with Crippen LogP contribution in [0.2, 0.25) is 0 Å². The van der Waals surface area contributed by atoms with Crippen LogP contribution in [0.1, 0.15) is 21.5 Å². The van der Waals surface area contributed by atoms with Crippen molar-refractivity contribution < 1.29 is 37.3 Å². The van der Waals surface area contributed by atoms with E-state index in [1.54, 1.807) is 24.3 Å². The number of rotatable bonds is 7. The van der Waals surface area contributed by atoms with E-state index in [0.717, 1.165) is 12.1 Å². The predicted molar refractivity (Wildman–Crippen MR) is 116 cm³/mol. The fourth-order valence-corrected chi connectivity index (χ4v) is 3.39. The molecule has 3 aromatic rings. The quantitative estimate of drug-likeness (QED) is 0.458. The highest BCUT2D eigenvalue weighted by Gasteiger charge is 2.28. The summed E-state index contributed by atoms with van der Waals surface area (Å²) in [5.74, 6) is 0.334. The van der Waals surface area contributed by atoms with Gasteiger partial charge in [-0.1, -0.05) is 6.07 Å². The van der Waals surface area contributed by atoms with Gasteiger partial charge in [-0.2, -0.15) is 0 Å². The maximum atomic E-state index is 13.8. The van der Waals surface area contributed by atoms with Gasteiger partial charge in [-0.15, -0.1) is 0 Å². The van der Waals surface area contributed by atoms with Crippen molar-refractivity contribution >= 4 is 11.9 Å². The maximum absolute atomic E-state index is 13.8. The molecule has 1 aliphatic heterocycles. The lowest BCUT2D eigenvalue weighted by Gasteiger charge is -2.12. The van der Waals surface area contributed by atoms with Crippen LogP contribution in [0, 0.1) is 11.6 Å². The Hall–Kier alpha value is -4.07. The first-order valence-electron chi connectivity index (χ1n) is 9.89. The highest BCUT2D eigenvalue weighted by Crippen LogP contribution is 2.39. The van der Waals surface area contributed by atoms with Crippen LogP contribution in [-0.4, -0.2) is 27.1 Å². The van der Waals surface area contributed by atoms with Crippen LogP contribution < -0.4 is 23.7 Å². The van der Waals surface area contributed by atoms with Crippen molar-refractivity contribution in [3.63, 3.8) is 0 Å². The van der Waals surface area contributed by atoms with E-state index in [4.69, 9.17) is 23.7 Å². The summed E-state index contributed by atoms with van der Waals surface area (Å²) in [4.78, 5) is 12.8. The summed E-state index contributed by atoms with van der Waals surface area (Å²) in [6.45, 7) is -0.309. The van der Waals surface area contributed by atoms with Crippen molar-refractivity contribution in [3.05, 3.63) is 82.6 Å². The molecule has 0 atom stereocenters. The van der Waals surface area contributed by atoms with Crippen molar-refractivity contribution in [2.75, 3.05) is 21.3 Å². The second-order valence-electron chi connectivity index (χ2n) is 7.04. The highest BCUT2D eigenvalue weighted by atomic mass is 19.1. The average molecular weight is 454 g/mol. The summed E-state index contributed by atoms with van der Waals surface area (Å²) in [5, 5.41) is 0. The molecule has 0 unspecified atom stereocenters. The molecule has 4 rings (SSSR count). The minimum atomic E-state index is -0.698. The smallest absolute Gasteiger partial charge is 0.231 e. The molecule has 0 spiro atoms. The van der Waals surface area contributed by atoms with E-state index < -0.39 is 11.6 Å². The first-order chi connectivity index (χ1) is 15.9. The van der Waals surface area contributed by atoms with Crippen molar-refractivity contribution in [2.24, 2.45) is 0 Å². The second kappa shape index (κ2) is 9.20. The molecule has 0 radical (unpaired) electrons. The van der Waals surface area contributed by atoms with Crippen LogP contribution in [0.5, 0.6) is 28.7 Å². The molecule has 1 aliphatic rings. The number of allylic oxidation sites excluding steroid dienone is 1. The van der Waals surface area contributed by atoms with Crippen LogP contribution in [0.25, 0.3) is 6.08 Å². The molecule has 6 nitrogen and oxygen atoms in total. The molecule has 0 N–H and O–H groups in total. The van der Waals surface area contributed by atoms with Crippen molar-refractivity contribution in [2.45, 2.75) is 6.61 Å². The van der Waals surface area contributed by atoms with Crippen LogP contribution in [0.3, 0.4) is 0 Å². The largest absolute Gasteiger partial charge is 0.496 e. The monoisotopic (exact) mass is 454 g/mol. The lowest BCUT2D eigenvalue weighted by atomic mass is 10.1. The van der Waals surface area contributed by atoms with E-state index >= 15 is 0 Å². The molecule has 1 heterocycles. The number of Topliss-reactive ketones (excluding diaryl/α,β-unsaturated/α-hetero) is 1. The summed E-state index contributed by atoms with van der Waals surface area (Å²) in [6.07, 6.45) is 1.54. The van der Waals surface area contributed by atoms with Crippen LogP contribution in [-0.2, 0) is 6.61 Å². The number of hydrogen-bond acceptors (Lipinski definition) is 6. The van der Waals surface area contributed by atoms with Gasteiger partial charge in [0, 0.05) is 17.7 Å². The van der Waals surface area contributed by atoms with Gasteiger partial charge in [0.05, 0.1) is 32.5 Å². The van der Waals surface area contributed by atoms with Crippen LogP contribution >= 0.6 is 0 Å². The first kappa shape index (κ1) is 22.1. The SMILES string of the molecule is COc1cc(OC)c(OC)cc1/C=C1\Oc2cc(OCc3c(F)cccc3F)ccc2C1=O. The minimum Gasteiger partial charge on any atom is -0.496 e. The van der Waals surface area contributed by atoms with Crippen LogP contribution in [0.4, 0.5) is 8.78 Å². The molecule has 8 heteroatoms. The summed E-state index contributed by atoms with van der Waals surface area (Å²) in [7, 11) is 4.51. The molecule has 0 aromatic heterocycles. The Kier molecular flexibility index (Phi) is 6.17. The Morgan fingerprint density at radius 2 is 1.55 bits per heavy atom. The van der Waals surface area contributed by atoms with Gasteiger partial charge in [0.2, 0.25) is 5.78 Å². The predicted octanol–water partition coefficient (Wildman–Crippen LogP) is 5.19. The molecule has 0 saturated carbocycles. The van der Waals surface area contributed by atoms with Crippen molar-refractivity contribution in [1.29, 1.82) is 0 Å². The zero-order valence-electron chi connectivity index (χ0n) is 18.1. The molecular weight excluding hydrogens is 434 g/mol. The summed E-state index contributed by atoms with van der Waals surface area (Å²) < 4.78 is 54.9. The van der Waals surface area contributed by atoms with Gasteiger partial charge in [-0.3, -0.25) is 4.79 Å². The lowest BCUT2D eigenvalue weighted by molar-refractivity contribution is 0.101. The Morgan fingerprint density at radius 1 is 0.879 bits per heavy atom. The summed E-state index contributed by atoms with van der Waals surface area (Å²) in [5.41, 5.74) is 0.707. The van der Waals surface area contributed by atoms with Gasteiger partial charge in [0.1, 0.15) is 35.5 Å². The van der Waals surface area contributed by atoms with Crippen molar-refractivity contribution in [1.82, 2.24) is 0 Å². The zero-order chi connectivity index (χ0) is 23.5. The normalized spacial score (nSPS) is 13.5. The third-order valence-electron chi connectivity index (χ3n) is 5.11. The molecule has 0 amide bonds. The number of methoxy groups -OCH3 is 3. The number of carbonyl (C=O) groups is 1. The van der Waals surface area contributed by atoms with Gasteiger partial charge in [0.15, 0.2) is 17.3 Å². The molecular formula is C25H20F2O6. The number of benzene rings is 3. The Morgan fingerprint density at radius 3 is 2.21 bits per heavy atom. The Labute approximate surface area is 188 Å². The number of ketones is 1. The Bertz CT molecular complexity index is 1230. The molecule has 0 aliphatic carbocycles. The van der Waals surface area contributed by atoms with E-state index in [2.05, 4.69) is 0 Å².